The van der Waals surface area contributed by atoms with Gasteiger partial charge >= 0.3 is 5.97 Å². The molecule has 8 heteroatoms. The van der Waals surface area contributed by atoms with Crippen LogP contribution in [-0.4, -0.2) is 33.8 Å². The number of carbonyl (C=O) groups is 1. The Morgan fingerprint density at radius 2 is 1.77 bits per heavy atom. The van der Waals surface area contributed by atoms with Crippen molar-refractivity contribution in [2.24, 2.45) is 0 Å². The third kappa shape index (κ3) is 5.12. The Morgan fingerprint density at radius 3 is 2.44 bits per heavy atom. The summed E-state index contributed by atoms with van der Waals surface area (Å²) < 4.78 is 13.0. The molecule has 2 aromatic heterocycles. The second kappa shape index (κ2) is 10.9. The van der Waals surface area contributed by atoms with E-state index in [1.807, 2.05) is 74.5 Å². The van der Waals surface area contributed by atoms with Crippen LogP contribution in [0.3, 0.4) is 0 Å². The topological polar surface area (TPSA) is 68.6 Å². The summed E-state index contributed by atoms with van der Waals surface area (Å²) in [5, 5.41) is 4.16. The van der Waals surface area contributed by atoms with Crippen molar-refractivity contribution in [1.29, 1.82) is 0 Å². The van der Waals surface area contributed by atoms with E-state index in [9.17, 15) is 4.79 Å². The van der Waals surface area contributed by atoms with Gasteiger partial charge in [0.2, 0.25) is 0 Å². The molecule has 0 spiro atoms. The first-order chi connectivity index (χ1) is 18.8. The van der Waals surface area contributed by atoms with Gasteiger partial charge in [-0.1, -0.05) is 12.1 Å². The lowest BCUT2D eigenvalue weighted by molar-refractivity contribution is 0.0600. The number of anilines is 1. The van der Waals surface area contributed by atoms with Crippen molar-refractivity contribution in [3.05, 3.63) is 107 Å². The molecule has 5 rings (SSSR count). The van der Waals surface area contributed by atoms with Gasteiger partial charge in [-0.3, -0.25) is 4.98 Å². The van der Waals surface area contributed by atoms with Crippen LogP contribution in [0.2, 0.25) is 0 Å². The minimum Gasteiger partial charge on any atom is -0.491 e. The maximum Gasteiger partial charge on any atom is 0.337 e. The molecule has 200 valence electrons. The zero-order valence-electron chi connectivity index (χ0n) is 22.7. The number of thiocarbonyl (C=S) groups is 1. The number of pyridine rings is 1. The van der Waals surface area contributed by atoms with Crippen molar-refractivity contribution in [2.45, 2.75) is 45.9 Å². The molecule has 0 bridgehead atoms. The summed E-state index contributed by atoms with van der Waals surface area (Å²) in [6, 6.07) is 23.3. The van der Waals surface area contributed by atoms with E-state index in [1.165, 1.54) is 7.11 Å². The fourth-order valence-corrected chi connectivity index (χ4v) is 5.63. The monoisotopic (exact) mass is 540 g/mol. The molecular formula is C31H32N4O3S. The van der Waals surface area contributed by atoms with Gasteiger partial charge < -0.3 is 24.3 Å². The second-order valence-corrected chi connectivity index (χ2v) is 10.2. The molecule has 7 nitrogen and oxygen atoms in total. The zero-order valence-corrected chi connectivity index (χ0v) is 23.5. The van der Waals surface area contributed by atoms with Crippen LogP contribution in [0.15, 0.2) is 79.0 Å². The number of nitrogens with zero attached hydrogens (tertiary/aromatic N) is 3. The fourth-order valence-electron chi connectivity index (χ4n) is 5.28. The lowest BCUT2D eigenvalue weighted by atomic mass is 9.96. The molecule has 4 aromatic rings. The van der Waals surface area contributed by atoms with Gasteiger partial charge in [-0.15, -0.1) is 0 Å². The van der Waals surface area contributed by atoms with Crippen LogP contribution in [0.25, 0.3) is 5.69 Å². The molecular weight excluding hydrogens is 508 g/mol. The van der Waals surface area contributed by atoms with Crippen LogP contribution in [0.1, 0.15) is 58.9 Å². The van der Waals surface area contributed by atoms with Gasteiger partial charge in [-0.2, -0.15) is 0 Å². The third-order valence-electron chi connectivity index (χ3n) is 6.90. The summed E-state index contributed by atoms with van der Waals surface area (Å²) in [7, 11) is 1.39. The van der Waals surface area contributed by atoms with Gasteiger partial charge in [0.05, 0.1) is 36.6 Å². The van der Waals surface area contributed by atoms with E-state index in [0.29, 0.717) is 10.7 Å². The van der Waals surface area contributed by atoms with Gasteiger partial charge in [-0.25, -0.2) is 4.79 Å². The molecule has 0 amide bonds. The Bertz CT molecular complexity index is 1500. The van der Waals surface area contributed by atoms with Crippen molar-refractivity contribution in [2.75, 3.05) is 12.0 Å². The summed E-state index contributed by atoms with van der Waals surface area (Å²) in [4.78, 5) is 19.1. The number of carbonyl (C=O) groups excluding carboxylic acids is 1. The first kappa shape index (κ1) is 26.4. The SMILES string of the molecule is COC(=O)c1cccc(-n2c(C)cc([C@H]3[C@H](c4ccccn4)NC(=S)N3c3ccc(OC(C)C)cc3)c2C)c1. The third-order valence-corrected chi connectivity index (χ3v) is 7.21. The van der Waals surface area contributed by atoms with Crippen LogP contribution < -0.4 is 15.0 Å². The maximum atomic E-state index is 12.2. The van der Waals surface area contributed by atoms with Crippen LogP contribution in [0, 0.1) is 13.8 Å². The molecule has 0 saturated carbocycles. The number of aryl methyl sites for hydroxylation is 1. The number of rotatable bonds is 7. The van der Waals surface area contributed by atoms with Crippen molar-refractivity contribution < 1.29 is 14.3 Å². The Balaban J connectivity index is 1.62. The minimum absolute atomic E-state index is 0.0924. The highest BCUT2D eigenvalue weighted by molar-refractivity contribution is 7.80. The number of hydrogen-bond donors (Lipinski definition) is 1. The van der Waals surface area contributed by atoms with Crippen LogP contribution in [0.4, 0.5) is 5.69 Å². The highest BCUT2D eigenvalue weighted by atomic mass is 32.1. The zero-order chi connectivity index (χ0) is 27.7. The average Bonchev–Trinajstić information content (AvgIpc) is 3.43. The molecule has 1 N–H and O–H groups in total. The predicted octanol–water partition coefficient (Wildman–Crippen LogP) is 6.24. The summed E-state index contributed by atoms with van der Waals surface area (Å²) >= 11 is 5.91. The first-order valence-corrected chi connectivity index (χ1v) is 13.3. The van der Waals surface area contributed by atoms with Gasteiger partial charge in [-0.05, 0) is 106 Å². The van der Waals surface area contributed by atoms with E-state index >= 15 is 0 Å². The number of nitrogens with one attached hydrogen (secondary N) is 1. The molecule has 1 fully saturated rings. The van der Waals surface area contributed by atoms with E-state index in [4.69, 9.17) is 21.7 Å². The molecule has 1 saturated heterocycles. The summed E-state index contributed by atoms with van der Waals surface area (Å²) in [5.41, 5.74) is 6.48. The smallest absolute Gasteiger partial charge is 0.337 e. The van der Waals surface area contributed by atoms with E-state index in [-0.39, 0.29) is 24.2 Å². The second-order valence-electron chi connectivity index (χ2n) is 9.86. The molecule has 3 heterocycles. The van der Waals surface area contributed by atoms with Crippen molar-refractivity contribution >= 4 is 29.0 Å². The Labute approximate surface area is 234 Å². The Hall–Kier alpha value is -4.17. The first-order valence-electron chi connectivity index (χ1n) is 12.9. The Morgan fingerprint density at radius 1 is 1.00 bits per heavy atom. The van der Waals surface area contributed by atoms with Crippen LogP contribution in [0.5, 0.6) is 5.75 Å². The van der Waals surface area contributed by atoms with Crippen molar-refractivity contribution in [1.82, 2.24) is 14.9 Å². The van der Waals surface area contributed by atoms with Crippen LogP contribution >= 0.6 is 12.2 Å². The summed E-state index contributed by atoms with van der Waals surface area (Å²) in [6.45, 7) is 8.19. The quantitative estimate of drug-likeness (QED) is 0.220. The fraction of sp³-hybridized carbons (Fsp3) is 0.258. The number of ether oxygens (including phenoxy) is 2. The van der Waals surface area contributed by atoms with Gasteiger partial charge in [0, 0.05) is 29.0 Å². The molecule has 0 aliphatic carbocycles. The van der Waals surface area contributed by atoms with Gasteiger partial charge in [0.15, 0.2) is 5.11 Å². The molecule has 0 radical (unpaired) electrons. The summed E-state index contributed by atoms with van der Waals surface area (Å²) in [5.74, 6) is 0.449. The normalized spacial score (nSPS) is 16.9. The van der Waals surface area contributed by atoms with E-state index < -0.39 is 0 Å². The number of aromatic nitrogens is 2. The largest absolute Gasteiger partial charge is 0.491 e. The maximum absolute atomic E-state index is 12.2. The van der Waals surface area contributed by atoms with Crippen molar-refractivity contribution in [3.63, 3.8) is 0 Å². The number of benzene rings is 2. The lowest BCUT2D eigenvalue weighted by Gasteiger charge is -2.28. The molecule has 0 unspecified atom stereocenters. The molecule has 1 aliphatic rings. The molecule has 2 atom stereocenters. The highest BCUT2D eigenvalue weighted by Gasteiger charge is 2.42. The number of hydrogen-bond acceptors (Lipinski definition) is 5. The van der Waals surface area contributed by atoms with Gasteiger partial charge in [0.1, 0.15) is 5.75 Å². The summed E-state index contributed by atoms with van der Waals surface area (Å²) in [6.07, 6.45) is 1.90. The Kier molecular flexibility index (Phi) is 7.39. The van der Waals surface area contributed by atoms with E-state index in [0.717, 1.165) is 39.8 Å². The van der Waals surface area contributed by atoms with Crippen molar-refractivity contribution in [3.8, 4) is 11.4 Å². The standard InChI is InChI=1S/C31H32N4O3S/c1-19(2)38-25-14-12-23(13-15-25)35-29(28(33-31(35)39)27-11-6-7-16-32-27)26-17-20(3)34(21(26)4)24-10-8-9-22(18-24)30(36)37-5/h6-19,28-29H,1-5H3,(H,33,39)/t28-,29-/m0/s1. The molecule has 39 heavy (non-hydrogen) atoms. The average molecular weight is 541 g/mol. The highest BCUT2D eigenvalue weighted by Crippen LogP contribution is 2.44. The van der Waals surface area contributed by atoms with E-state index in [1.54, 1.807) is 12.3 Å². The lowest BCUT2D eigenvalue weighted by Crippen LogP contribution is -2.29. The number of esters is 1. The van der Waals surface area contributed by atoms with E-state index in [2.05, 4.69) is 39.7 Å². The minimum atomic E-state index is -0.365. The van der Waals surface area contributed by atoms with Gasteiger partial charge in [0.25, 0.3) is 0 Å². The predicted molar refractivity (Wildman–Crippen MR) is 157 cm³/mol. The number of methoxy groups -OCH3 is 1. The van der Waals surface area contributed by atoms with Crippen LogP contribution in [-0.2, 0) is 4.74 Å². The molecule has 2 aromatic carbocycles. The molecule has 1 aliphatic heterocycles.